The third kappa shape index (κ3) is 2.38. The van der Waals surface area contributed by atoms with Crippen molar-refractivity contribution in [3.63, 3.8) is 0 Å². The number of anilines is 1. The molecule has 0 radical (unpaired) electrons. The van der Waals surface area contributed by atoms with Crippen molar-refractivity contribution in [2.75, 3.05) is 18.0 Å². The van der Waals surface area contributed by atoms with Gasteiger partial charge in [-0.15, -0.1) is 0 Å². The van der Waals surface area contributed by atoms with Crippen LogP contribution in [0.4, 0.5) is 5.13 Å². The zero-order chi connectivity index (χ0) is 13.6. The molecule has 1 saturated heterocycles. The maximum atomic E-state index is 11.9. The fourth-order valence-corrected chi connectivity index (χ4v) is 4.14. The number of primary sulfonamides is 1. The summed E-state index contributed by atoms with van der Waals surface area (Å²) in [5.74, 6) is -0.224. The number of sulfonamides is 1. The highest BCUT2D eigenvalue weighted by Gasteiger charge is 2.38. The van der Waals surface area contributed by atoms with E-state index in [4.69, 9.17) is 5.14 Å². The number of thiazole rings is 1. The summed E-state index contributed by atoms with van der Waals surface area (Å²) in [7, 11) is -3.68. The number of hydrogen-bond donors (Lipinski definition) is 2. The van der Waals surface area contributed by atoms with Crippen molar-refractivity contribution in [1.82, 2.24) is 10.3 Å². The number of aromatic nitrogens is 1. The molecule has 0 spiro atoms. The second-order valence-corrected chi connectivity index (χ2v) is 7.62. The van der Waals surface area contributed by atoms with Gasteiger partial charge in [0.25, 0.3) is 0 Å². The van der Waals surface area contributed by atoms with E-state index in [0.717, 1.165) is 30.1 Å². The Morgan fingerprint density at radius 3 is 2.89 bits per heavy atom. The van der Waals surface area contributed by atoms with E-state index in [1.165, 1.54) is 16.2 Å². The predicted octanol–water partition coefficient (Wildman–Crippen LogP) is -0.817. The minimum Gasteiger partial charge on any atom is -0.311 e. The quantitative estimate of drug-likeness (QED) is 0.743. The Bertz CT molecular complexity index is 601. The number of fused-ring (bicyclic) bond motifs is 1. The Balaban J connectivity index is 1.87. The Hall–Kier alpha value is -1.03. The lowest BCUT2D eigenvalue weighted by molar-refractivity contribution is -0.117. The monoisotopic (exact) mass is 302 g/mol. The fourth-order valence-electron chi connectivity index (χ4n) is 2.31. The van der Waals surface area contributed by atoms with Gasteiger partial charge in [-0.25, -0.2) is 18.5 Å². The molecular formula is C10H14N4O3S2. The van der Waals surface area contributed by atoms with Gasteiger partial charge in [-0.3, -0.25) is 9.69 Å². The lowest BCUT2D eigenvalue weighted by Crippen LogP contribution is -2.32. The Morgan fingerprint density at radius 2 is 2.26 bits per heavy atom. The average Bonchev–Trinajstić information content (AvgIpc) is 2.90. The van der Waals surface area contributed by atoms with Crippen LogP contribution in [-0.4, -0.2) is 37.6 Å². The molecule has 2 aliphatic heterocycles. The summed E-state index contributed by atoms with van der Waals surface area (Å²) in [4.78, 5) is 18.9. The summed E-state index contributed by atoms with van der Waals surface area (Å²) in [6, 6.07) is 0. The van der Waals surface area contributed by atoms with E-state index < -0.39 is 15.3 Å². The second kappa shape index (κ2) is 4.51. The topological polar surface area (TPSA) is 105 Å². The molecule has 3 heterocycles. The first kappa shape index (κ1) is 13.0. The van der Waals surface area contributed by atoms with Crippen molar-refractivity contribution in [2.24, 2.45) is 5.14 Å². The molecular weight excluding hydrogens is 288 g/mol. The van der Waals surface area contributed by atoms with Crippen LogP contribution in [0, 0.1) is 0 Å². The SMILES string of the molecule is NS(=O)(=O)C1CC(=O)N(c2nc3c(s2)CNCC3)C1. The van der Waals surface area contributed by atoms with Gasteiger partial charge in [-0.2, -0.15) is 0 Å². The molecule has 1 aromatic rings. The van der Waals surface area contributed by atoms with Crippen molar-refractivity contribution in [1.29, 1.82) is 0 Å². The van der Waals surface area contributed by atoms with Gasteiger partial charge in [0.1, 0.15) is 5.25 Å². The molecule has 0 bridgehead atoms. The van der Waals surface area contributed by atoms with E-state index in [0.29, 0.717) is 5.13 Å². The van der Waals surface area contributed by atoms with Gasteiger partial charge in [0, 0.05) is 37.4 Å². The van der Waals surface area contributed by atoms with Gasteiger partial charge < -0.3 is 5.32 Å². The van der Waals surface area contributed by atoms with Gasteiger partial charge in [-0.05, 0) is 0 Å². The lowest BCUT2D eigenvalue weighted by Gasteiger charge is -2.11. The summed E-state index contributed by atoms with van der Waals surface area (Å²) in [5, 5.41) is 8.11. The number of nitrogens with two attached hydrogens (primary N) is 1. The Morgan fingerprint density at radius 1 is 1.47 bits per heavy atom. The molecule has 3 N–H and O–H groups in total. The van der Waals surface area contributed by atoms with E-state index in [1.807, 2.05) is 0 Å². The van der Waals surface area contributed by atoms with Gasteiger partial charge in [0.05, 0.1) is 5.69 Å². The fraction of sp³-hybridized carbons (Fsp3) is 0.600. The van der Waals surface area contributed by atoms with Gasteiger partial charge in [0.15, 0.2) is 5.13 Å². The number of amides is 1. The largest absolute Gasteiger partial charge is 0.311 e. The summed E-state index contributed by atoms with van der Waals surface area (Å²) in [5.41, 5.74) is 1.01. The Labute approximate surface area is 114 Å². The number of nitrogens with one attached hydrogen (secondary N) is 1. The van der Waals surface area contributed by atoms with Crippen LogP contribution in [0.15, 0.2) is 0 Å². The molecule has 1 aromatic heterocycles. The van der Waals surface area contributed by atoms with Crippen LogP contribution in [0.25, 0.3) is 0 Å². The molecule has 0 aliphatic carbocycles. The molecule has 2 aliphatic rings. The van der Waals surface area contributed by atoms with E-state index in [2.05, 4.69) is 10.3 Å². The van der Waals surface area contributed by atoms with Crippen LogP contribution in [-0.2, 0) is 27.8 Å². The number of nitrogens with zero attached hydrogens (tertiary/aromatic N) is 2. The lowest BCUT2D eigenvalue weighted by atomic mass is 10.2. The van der Waals surface area contributed by atoms with Crippen molar-refractivity contribution in [3.05, 3.63) is 10.6 Å². The first-order valence-corrected chi connectivity index (χ1v) is 8.39. The minimum atomic E-state index is -3.68. The molecule has 7 nitrogen and oxygen atoms in total. The van der Waals surface area contributed by atoms with E-state index in [9.17, 15) is 13.2 Å². The van der Waals surface area contributed by atoms with E-state index >= 15 is 0 Å². The minimum absolute atomic E-state index is 0.0542. The van der Waals surface area contributed by atoms with Crippen LogP contribution in [0.5, 0.6) is 0 Å². The van der Waals surface area contributed by atoms with Crippen molar-refractivity contribution >= 4 is 32.4 Å². The molecule has 3 rings (SSSR count). The molecule has 1 amide bonds. The maximum Gasteiger partial charge on any atom is 0.230 e. The number of carbonyl (C=O) groups is 1. The second-order valence-electron chi connectivity index (χ2n) is 4.71. The van der Waals surface area contributed by atoms with E-state index in [1.54, 1.807) is 0 Å². The number of carbonyl (C=O) groups excluding carboxylic acids is 1. The normalized spacial score (nSPS) is 23.7. The first-order chi connectivity index (χ1) is 8.95. The van der Waals surface area contributed by atoms with E-state index in [-0.39, 0.29) is 18.9 Å². The molecule has 1 unspecified atom stereocenters. The Kier molecular flexibility index (Phi) is 3.08. The first-order valence-electron chi connectivity index (χ1n) is 5.96. The summed E-state index contributed by atoms with van der Waals surface area (Å²) >= 11 is 1.44. The summed E-state index contributed by atoms with van der Waals surface area (Å²) in [6.07, 6.45) is 0.786. The molecule has 104 valence electrons. The van der Waals surface area contributed by atoms with Crippen molar-refractivity contribution < 1.29 is 13.2 Å². The third-order valence-electron chi connectivity index (χ3n) is 3.38. The standard InChI is InChI=1S/C10H14N4O3S2/c11-19(16,17)6-3-9(15)14(5-6)10-13-7-1-2-12-4-8(7)18-10/h6,12H,1-5H2,(H2,11,16,17). The summed E-state index contributed by atoms with van der Waals surface area (Å²) in [6.45, 7) is 1.75. The zero-order valence-corrected chi connectivity index (χ0v) is 11.8. The highest BCUT2D eigenvalue weighted by molar-refractivity contribution is 7.89. The van der Waals surface area contributed by atoms with Gasteiger partial charge in [-0.1, -0.05) is 11.3 Å². The molecule has 1 atom stereocenters. The third-order valence-corrected chi connectivity index (χ3v) is 5.74. The number of rotatable bonds is 2. The molecule has 9 heteroatoms. The van der Waals surface area contributed by atoms with Crippen LogP contribution >= 0.6 is 11.3 Å². The van der Waals surface area contributed by atoms with Gasteiger partial charge in [0.2, 0.25) is 15.9 Å². The van der Waals surface area contributed by atoms with Crippen LogP contribution in [0.1, 0.15) is 17.0 Å². The molecule has 1 fully saturated rings. The van der Waals surface area contributed by atoms with Crippen LogP contribution in [0.2, 0.25) is 0 Å². The molecule has 19 heavy (non-hydrogen) atoms. The van der Waals surface area contributed by atoms with Crippen molar-refractivity contribution in [3.8, 4) is 0 Å². The molecule has 0 aromatic carbocycles. The number of hydrogen-bond acceptors (Lipinski definition) is 6. The van der Waals surface area contributed by atoms with Crippen molar-refractivity contribution in [2.45, 2.75) is 24.6 Å². The highest BCUT2D eigenvalue weighted by Crippen LogP contribution is 2.31. The maximum absolute atomic E-state index is 11.9. The van der Waals surface area contributed by atoms with Crippen LogP contribution < -0.4 is 15.4 Å². The van der Waals surface area contributed by atoms with Gasteiger partial charge >= 0.3 is 0 Å². The summed E-state index contributed by atoms with van der Waals surface area (Å²) < 4.78 is 22.6. The zero-order valence-electron chi connectivity index (χ0n) is 10.1. The molecule has 0 saturated carbocycles. The smallest absolute Gasteiger partial charge is 0.230 e. The average molecular weight is 302 g/mol. The predicted molar refractivity (Wildman–Crippen MR) is 71.4 cm³/mol. The highest BCUT2D eigenvalue weighted by atomic mass is 32.2. The van der Waals surface area contributed by atoms with Crippen LogP contribution in [0.3, 0.4) is 0 Å².